The zero-order valence-corrected chi connectivity index (χ0v) is 12.0. The standard InChI is InChI=1S/C11H10Cl2INO/c12-5-7-6-15(11(16)10(7)13)9-3-1-2-8(14)4-9/h1-4,7,10H,5-6H2. The van der Waals surface area contributed by atoms with Crippen LogP contribution in [0.25, 0.3) is 0 Å². The first-order valence-electron chi connectivity index (χ1n) is 4.90. The van der Waals surface area contributed by atoms with Gasteiger partial charge in [-0.3, -0.25) is 4.79 Å². The molecule has 16 heavy (non-hydrogen) atoms. The number of benzene rings is 1. The Balaban J connectivity index is 2.26. The van der Waals surface area contributed by atoms with Crippen LogP contribution < -0.4 is 4.90 Å². The summed E-state index contributed by atoms with van der Waals surface area (Å²) < 4.78 is 1.10. The normalized spacial score (nSPS) is 25.2. The molecule has 86 valence electrons. The highest BCUT2D eigenvalue weighted by molar-refractivity contribution is 14.1. The third kappa shape index (κ3) is 2.31. The van der Waals surface area contributed by atoms with E-state index in [1.54, 1.807) is 4.90 Å². The first-order valence-corrected chi connectivity index (χ1v) is 6.95. The van der Waals surface area contributed by atoms with Crippen LogP contribution >= 0.6 is 45.8 Å². The number of anilines is 1. The SMILES string of the molecule is O=C1C(Cl)C(CCl)CN1c1cccc(I)c1. The van der Waals surface area contributed by atoms with Crippen LogP contribution in [0.15, 0.2) is 24.3 Å². The number of carbonyl (C=O) groups is 1. The number of rotatable bonds is 2. The number of carbonyl (C=O) groups excluding carboxylic acids is 1. The number of nitrogens with zero attached hydrogens (tertiary/aromatic N) is 1. The number of alkyl halides is 2. The van der Waals surface area contributed by atoms with Crippen LogP contribution in [0.4, 0.5) is 5.69 Å². The highest BCUT2D eigenvalue weighted by Crippen LogP contribution is 2.29. The fraction of sp³-hybridized carbons (Fsp3) is 0.364. The molecule has 0 bridgehead atoms. The lowest BCUT2D eigenvalue weighted by Crippen LogP contribution is -2.27. The van der Waals surface area contributed by atoms with Crippen molar-refractivity contribution in [3.05, 3.63) is 27.8 Å². The molecule has 0 saturated carbocycles. The van der Waals surface area contributed by atoms with Gasteiger partial charge in [-0.05, 0) is 40.8 Å². The fourth-order valence-electron chi connectivity index (χ4n) is 1.77. The number of halogens is 3. The van der Waals surface area contributed by atoms with E-state index in [0.717, 1.165) is 9.26 Å². The van der Waals surface area contributed by atoms with Gasteiger partial charge in [0.05, 0.1) is 0 Å². The molecule has 1 aliphatic heterocycles. The Kier molecular flexibility index (Phi) is 3.97. The highest BCUT2D eigenvalue weighted by atomic mass is 127. The van der Waals surface area contributed by atoms with E-state index in [4.69, 9.17) is 23.2 Å². The zero-order valence-electron chi connectivity index (χ0n) is 8.37. The second kappa shape index (κ2) is 5.10. The molecule has 1 aliphatic rings. The molecule has 2 unspecified atom stereocenters. The predicted octanol–water partition coefficient (Wildman–Crippen LogP) is 3.10. The van der Waals surface area contributed by atoms with Gasteiger partial charge < -0.3 is 4.90 Å². The molecule has 2 rings (SSSR count). The second-order valence-corrected chi connectivity index (χ2v) is 5.77. The van der Waals surface area contributed by atoms with Crippen molar-refractivity contribution in [2.75, 3.05) is 17.3 Å². The van der Waals surface area contributed by atoms with Gasteiger partial charge in [-0.2, -0.15) is 0 Å². The van der Waals surface area contributed by atoms with Crippen molar-refractivity contribution in [3.8, 4) is 0 Å². The summed E-state index contributed by atoms with van der Waals surface area (Å²) in [4.78, 5) is 13.6. The smallest absolute Gasteiger partial charge is 0.245 e. The van der Waals surface area contributed by atoms with Gasteiger partial charge in [-0.25, -0.2) is 0 Å². The summed E-state index contributed by atoms with van der Waals surface area (Å²) in [5.74, 6) is 0.406. The molecule has 0 N–H and O–H groups in total. The predicted molar refractivity (Wildman–Crippen MR) is 75.4 cm³/mol. The summed E-state index contributed by atoms with van der Waals surface area (Å²) in [6, 6.07) is 7.81. The van der Waals surface area contributed by atoms with Crippen LogP contribution in [0.1, 0.15) is 0 Å². The maximum Gasteiger partial charge on any atom is 0.245 e. The van der Waals surface area contributed by atoms with Gasteiger partial charge in [0, 0.05) is 27.6 Å². The minimum atomic E-state index is -0.490. The average molecular weight is 370 g/mol. The summed E-state index contributed by atoms with van der Waals surface area (Å²) in [7, 11) is 0. The Labute approximate surface area is 118 Å². The van der Waals surface area contributed by atoms with Crippen molar-refractivity contribution in [2.24, 2.45) is 5.92 Å². The van der Waals surface area contributed by atoms with Crippen LogP contribution in [-0.4, -0.2) is 23.7 Å². The summed E-state index contributed by atoms with van der Waals surface area (Å²) in [5.41, 5.74) is 0.898. The molecule has 1 saturated heterocycles. The number of hydrogen-bond donors (Lipinski definition) is 0. The van der Waals surface area contributed by atoms with Crippen LogP contribution in [-0.2, 0) is 4.79 Å². The van der Waals surface area contributed by atoms with Gasteiger partial charge in [0.25, 0.3) is 0 Å². The van der Waals surface area contributed by atoms with Crippen molar-refractivity contribution in [1.29, 1.82) is 0 Å². The molecule has 1 aromatic carbocycles. The lowest BCUT2D eigenvalue weighted by molar-refractivity contribution is -0.117. The van der Waals surface area contributed by atoms with Crippen LogP contribution in [0.3, 0.4) is 0 Å². The molecule has 1 heterocycles. The number of amides is 1. The summed E-state index contributed by atoms with van der Waals surface area (Å²) in [5, 5.41) is -0.490. The first-order chi connectivity index (χ1) is 7.63. The zero-order chi connectivity index (χ0) is 11.7. The van der Waals surface area contributed by atoms with Crippen molar-refractivity contribution in [2.45, 2.75) is 5.38 Å². The molecule has 0 spiro atoms. The largest absolute Gasteiger partial charge is 0.311 e. The topological polar surface area (TPSA) is 20.3 Å². The van der Waals surface area contributed by atoms with Crippen LogP contribution in [0.2, 0.25) is 0 Å². The van der Waals surface area contributed by atoms with E-state index in [1.807, 2.05) is 24.3 Å². The van der Waals surface area contributed by atoms with E-state index in [-0.39, 0.29) is 11.8 Å². The molecular formula is C11H10Cl2INO. The molecule has 1 fully saturated rings. The van der Waals surface area contributed by atoms with Crippen molar-refractivity contribution in [3.63, 3.8) is 0 Å². The molecule has 5 heteroatoms. The lowest BCUT2D eigenvalue weighted by atomic mass is 10.1. The fourth-order valence-corrected chi connectivity index (χ4v) is 2.95. The third-order valence-corrected chi connectivity index (χ3v) is 4.26. The average Bonchev–Trinajstić information content (AvgIpc) is 2.56. The molecule has 2 atom stereocenters. The van der Waals surface area contributed by atoms with Crippen LogP contribution in [0, 0.1) is 9.49 Å². The van der Waals surface area contributed by atoms with E-state index in [2.05, 4.69) is 22.6 Å². The Morgan fingerprint density at radius 2 is 2.25 bits per heavy atom. The van der Waals surface area contributed by atoms with Gasteiger partial charge in [-0.15, -0.1) is 23.2 Å². The minimum absolute atomic E-state index is 0.0358. The molecular weight excluding hydrogens is 360 g/mol. The Hall–Kier alpha value is -0.000000000000000111. The third-order valence-electron chi connectivity index (χ3n) is 2.65. The Bertz CT molecular complexity index is 413. The van der Waals surface area contributed by atoms with Crippen molar-refractivity contribution >= 4 is 57.4 Å². The van der Waals surface area contributed by atoms with E-state index in [0.29, 0.717) is 12.4 Å². The molecule has 0 aliphatic carbocycles. The summed E-state index contributed by atoms with van der Waals surface area (Å²) in [6.45, 7) is 0.608. The van der Waals surface area contributed by atoms with E-state index >= 15 is 0 Å². The Morgan fingerprint density at radius 3 is 2.81 bits per heavy atom. The second-order valence-electron chi connectivity index (χ2n) is 3.74. The molecule has 2 nitrogen and oxygen atoms in total. The molecule has 0 aromatic heterocycles. The van der Waals surface area contributed by atoms with Gasteiger partial charge in [0.2, 0.25) is 5.91 Å². The van der Waals surface area contributed by atoms with Crippen LogP contribution in [0.5, 0.6) is 0 Å². The van der Waals surface area contributed by atoms with E-state index < -0.39 is 5.38 Å². The maximum atomic E-state index is 11.9. The van der Waals surface area contributed by atoms with Crippen molar-refractivity contribution in [1.82, 2.24) is 0 Å². The Morgan fingerprint density at radius 1 is 1.50 bits per heavy atom. The minimum Gasteiger partial charge on any atom is -0.311 e. The van der Waals surface area contributed by atoms with Gasteiger partial charge in [-0.1, -0.05) is 6.07 Å². The van der Waals surface area contributed by atoms with E-state index in [9.17, 15) is 4.79 Å². The monoisotopic (exact) mass is 369 g/mol. The van der Waals surface area contributed by atoms with Crippen molar-refractivity contribution < 1.29 is 4.79 Å². The summed E-state index contributed by atoms with van der Waals surface area (Å²) in [6.07, 6.45) is 0. The lowest BCUT2D eigenvalue weighted by Gasteiger charge is -2.16. The van der Waals surface area contributed by atoms with E-state index in [1.165, 1.54) is 0 Å². The summed E-state index contributed by atoms with van der Waals surface area (Å²) >= 11 is 14.0. The number of hydrogen-bond acceptors (Lipinski definition) is 1. The molecule has 1 amide bonds. The maximum absolute atomic E-state index is 11.9. The first kappa shape index (κ1) is 12.5. The quantitative estimate of drug-likeness (QED) is 0.579. The van der Waals surface area contributed by atoms with Gasteiger partial charge in [0.1, 0.15) is 5.38 Å². The highest BCUT2D eigenvalue weighted by Gasteiger charge is 2.39. The van der Waals surface area contributed by atoms with Gasteiger partial charge in [0.15, 0.2) is 0 Å². The molecule has 0 radical (unpaired) electrons. The van der Waals surface area contributed by atoms with Gasteiger partial charge >= 0.3 is 0 Å². The molecule has 1 aromatic rings.